The van der Waals surface area contributed by atoms with Gasteiger partial charge in [-0.05, 0) is 18.2 Å². The summed E-state index contributed by atoms with van der Waals surface area (Å²) in [6.45, 7) is 6.63. The van der Waals surface area contributed by atoms with E-state index >= 15 is 0 Å². The first-order valence-corrected chi connectivity index (χ1v) is 10.7. The normalized spacial score (nSPS) is 19.7. The number of aromatic nitrogens is 4. The van der Waals surface area contributed by atoms with E-state index in [9.17, 15) is 4.79 Å². The van der Waals surface area contributed by atoms with E-state index in [4.69, 9.17) is 9.47 Å². The highest BCUT2D eigenvalue weighted by Crippen LogP contribution is 2.28. The van der Waals surface area contributed by atoms with Crippen LogP contribution in [0.15, 0.2) is 47.9 Å². The maximum atomic E-state index is 11.8. The Bertz CT molecular complexity index is 1090. The SMILES string of the molecule is O=c1cnccn1CCN1CCN(c2ccc3ncnc(OC4CCOC4)c3c2)CC1. The summed E-state index contributed by atoms with van der Waals surface area (Å²) in [4.78, 5) is 29.2. The van der Waals surface area contributed by atoms with E-state index in [-0.39, 0.29) is 11.7 Å². The molecule has 0 aliphatic carbocycles. The van der Waals surface area contributed by atoms with Crippen LogP contribution >= 0.6 is 0 Å². The molecule has 0 spiro atoms. The Labute approximate surface area is 180 Å². The zero-order valence-electron chi connectivity index (χ0n) is 17.4. The highest BCUT2D eigenvalue weighted by molar-refractivity contribution is 5.86. The average molecular weight is 422 g/mol. The molecule has 1 unspecified atom stereocenters. The molecule has 0 saturated carbocycles. The van der Waals surface area contributed by atoms with Crippen LogP contribution in [-0.4, -0.2) is 76.5 Å². The lowest BCUT2D eigenvalue weighted by Gasteiger charge is -2.36. The fourth-order valence-electron chi connectivity index (χ4n) is 4.11. The van der Waals surface area contributed by atoms with Crippen molar-refractivity contribution in [2.75, 3.05) is 50.8 Å². The molecule has 2 saturated heterocycles. The second-order valence-electron chi connectivity index (χ2n) is 7.92. The molecule has 0 amide bonds. The van der Waals surface area contributed by atoms with E-state index in [1.807, 2.05) is 6.07 Å². The average Bonchev–Trinajstić information content (AvgIpc) is 3.32. The third-order valence-electron chi connectivity index (χ3n) is 5.94. The molecule has 1 aromatic carbocycles. The summed E-state index contributed by atoms with van der Waals surface area (Å²) in [5, 5.41) is 0.936. The minimum absolute atomic E-state index is 0.0539. The van der Waals surface area contributed by atoms with Gasteiger partial charge in [-0.2, -0.15) is 0 Å². The lowest BCUT2D eigenvalue weighted by molar-refractivity contribution is 0.139. The topological polar surface area (TPSA) is 85.6 Å². The molecule has 0 radical (unpaired) electrons. The van der Waals surface area contributed by atoms with Crippen molar-refractivity contribution in [2.45, 2.75) is 19.1 Å². The first-order valence-electron chi connectivity index (χ1n) is 10.7. The first-order chi connectivity index (χ1) is 15.3. The van der Waals surface area contributed by atoms with Crippen LogP contribution in [0.25, 0.3) is 10.9 Å². The highest BCUT2D eigenvalue weighted by Gasteiger charge is 2.21. The van der Waals surface area contributed by atoms with Gasteiger partial charge < -0.3 is 18.9 Å². The third-order valence-corrected chi connectivity index (χ3v) is 5.94. The van der Waals surface area contributed by atoms with E-state index in [0.717, 1.165) is 62.3 Å². The van der Waals surface area contributed by atoms with Gasteiger partial charge in [0.15, 0.2) is 0 Å². The Hall–Kier alpha value is -3.04. The third kappa shape index (κ3) is 4.52. The van der Waals surface area contributed by atoms with Crippen molar-refractivity contribution in [3.63, 3.8) is 0 Å². The molecule has 0 bridgehead atoms. The zero-order valence-corrected chi connectivity index (χ0v) is 17.4. The molecular formula is C22H26N6O3. The number of nitrogens with zero attached hydrogens (tertiary/aromatic N) is 6. The van der Waals surface area contributed by atoms with Gasteiger partial charge in [0, 0.05) is 63.8 Å². The van der Waals surface area contributed by atoms with Crippen molar-refractivity contribution in [1.29, 1.82) is 0 Å². The summed E-state index contributed by atoms with van der Waals surface area (Å²) in [6, 6.07) is 6.28. The molecule has 9 heteroatoms. The van der Waals surface area contributed by atoms with Crippen LogP contribution in [-0.2, 0) is 11.3 Å². The van der Waals surface area contributed by atoms with Gasteiger partial charge in [-0.25, -0.2) is 9.97 Å². The second-order valence-corrected chi connectivity index (χ2v) is 7.92. The summed E-state index contributed by atoms with van der Waals surface area (Å²) >= 11 is 0. The van der Waals surface area contributed by atoms with Crippen molar-refractivity contribution in [3.05, 3.63) is 53.5 Å². The highest BCUT2D eigenvalue weighted by atomic mass is 16.5. The summed E-state index contributed by atoms with van der Waals surface area (Å²) in [7, 11) is 0. The Morgan fingerprint density at radius 2 is 2.03 bits per heavy atom. The monoisotopic (exact) mass is 422 g/mol. The molecule has 31 heavy (non-hydrogen) atoms. The number of hydrogen-bond donors (Lipinski definition) is 0. The summed E-state index contributed by atoms with van der Waals surface area (Å²) < 4.78 is 13.2. The van der Waals surface area contributed by atoms with Gasteiger partial charge in [0.25, 0.3) is 5.56 Å². The maximum absolute atomic E-state index is 11.8. The number of fused-ring (bicyclic) bond motifs is 1. The van der Waals surface area contributed by atoms with Crippen LogP contribution in [0.3, 0.4) is 0 Å². The van der Waals surface area contributed by atoms with Crippen molar-refractivity contribution in [2.24, 2.45) is 0 Å². The maximum Gasteiger partial charge on any atom is 0.269 e. The van der Waals surface area contributed by atoms with Crippen molar-refractivity contribution in [1.82, 2.24) is 24.4 Å². The predicted molar refractivity (Wildman–Crippen MR) is 117 cm³/mol. The molecule has 162 valence electrons. The molecule has 0 N–H and O–H groups in total. The van der Waals surface area contributed by atoms with E-state index in [2.05, 4.69) is 36.9 Å². The Kier molecular flexibility index (Phi) is 5.77. The fraction of sp³-hybridized carbons (Fsp3) is 0.455. The molecule has 2 aliphatic rings. The van der Waals surface area contributed by atoms with Crippen molar-refractivity contribution in [3.8, 4) is 5.88 Å². The molecule has 5 rings (SSSR count). The van der Waals surface area contributed by atoms with Crippen LogP contribution in [0.1, 0.15) is 6.42 Å². The minimum atomic E-state index is -0.0540. The zero-order chi connectivity index (χ0) is 21.0. The Morgan fingerprint density at radius 1 is 1.13 bits per heavy atom. The van der Waals surface area contributed by atoms with Crippen LogP contribution in [0.2, 0.25) is 0 Å². The van der Waals surface area contributed by atoms with Crippen LogP contribution in [0, 0.1) is 0 Å². The number of benzene rings is 1. The van der Waals surface area contributed by atoms with Crippen molar-refractivity contribution < 1.29 is 9.47 Å². The smallest absolute Gasteiger partial charge is 0.269 e. The first kappa shape index (κ1) is 19.9. The van der Waals surface area contributed by atoms with E-state index < -0.39 is 0 Å². The molecule has 2 aromatic heterocycles. The standard InChI is InChI=1S/C22H26N6O3/c29-21-14-23-4-5-28(21)11-8-26-6-9-27(10-7-26)17-1-2-20-19(13-17)22(25-16-24-20)31-18-3-12-30-15-18/h1-2,4-5,13-14,16,18H,3,6-12,15H2. The van der Waals surface area contributed by atoms with Gasteiger partial charge >= 0.3 is 0 Å². The molecule has 2 fully saturated rings. The van der Waals surface area contributed by atoms with Gasteiger partial charge in [-0.15, -0.1) is 0 Å². The van der Waals surface area contributed by atoms with E-state index in [0.29, 0.717) is 19.0 Å². The number of rotatable bonds is 6. The van der Waals surface area contributed by atoms with Gasteiger partial charge in [-0.1, -0.05) is 0 Å². The predicted octanol–water partition coefficient (Wildman–Crippen LogP) is 1.18. The van der Waals surface area contributed by atoms with E-state index in [1.54, 1.807) is 23.3 Å². The van der Waals surface area contributed by atoms with Crippen LogP contribution in [0.5, 0.6) is 5.88 Å². The number of hydrogen-bond acceptors (Lipinski definition) is 8. The summed E-state index contributed by atoms with van der Waals surface area (Å²) in [6.07, 6.45) is 7.25. The van der Waals surface area contributed by atoms with Crippen molar-refractivity contribution >= 4 is 16.6 Å². The number of piperazine rings is 1. The molecule has 2 aliphatic heterocycles. The molecular weight excluding hydrogens is 396 g/mol. The lowest BCUT2D eigenvalue weighted by Crippen LogP contribution is -2.47. The van der Waals surface area contributed by atoms with Gasteiger partial charge in [0.2, 0.25) is 5.88 Å². The summed E-state index contributed by atoms with van der Waals surface area (Å²) in [5.41, 5.74) is 1.98. The summed E-state index contributed by atoms with van der Waals surface area (Å²) in [5.74, 6) is 0.628. The molecule has 4 heterocycles. The molecule has 1 atom stereocenters. The molecule has 9 nitrogen and oxygen atoms in total. The van der Waals surface area contributed by atoms with Gasteiger partial charge in [0.1, 0.15) is 12.4 Å². The van der Waals surface area contributed by atoms with E-state index in [1.165, 1.54) is 6.20 Å². The Morgan fingerprint density at radius 3 is 2.84 bits per heavy atom. The van der Waals surface area contributed by atoms with Gasteiger partial charge in [-0.3, -0.25) is 14.7 Å². The molecule has 3 aromatic rings. The lowest BCUT2D eigenvalue weighted by atomic mass is 10.2. The Balaban J connectivity index is 1.24. The largest absolute Gasteiger partial charge is 0.471 e. The second kappa shape index (κ2) is 8.99. The minimum Gasteiger partial charge on any atom is -0.471 e. The quantitative estimate of drug-likeness (QED) is 0.585. The van der Waals surface area contributed by atoms with Gasteiger partial charge in [0.05, 0.1) is 30.3 Å². The van der Waals surface area contributed by atoms with Crippen LogP contribution in [0.4, 0.5) is 5.69 Å². The fourth-order valence-corrected chi connectivity index (χ4v) is 4.11. The van der Waals surface area contributed by atoms with Crippen LogP contribution < -0.4 is 15.2 Å². The number of ether oxygens (including phenoxy) is 2. The number of anilines is 1.